The topological polar surface area (TPSA) is 29.5 Å². The Labute approximate surface area is 96.1 Å². The summed E-state index contributed by atoms with van der Waals surface area (Å²) in [5.41, 5.74) is -0.826. The first kappa shape index (κ1) is 13.0. The average molecular weight is 226 g/mol. The molecule has 2 atom stereocenters. The van der Waals surface area contributed by atoms with E-state index >= 15 is 0 Å². The van der Waals surface area contributed by atoms with E-state index in [-0.39, 0.29) is 5.92 Å². The fraction of sp³-hybridized carbons (Fsp3) is 0.538. The molecule has 90 valence electrons. The number of rotatable bonds is 4. The Kier molecular flexibility index (Phi) is 3.92. The van der Waals surface area contributed by atoms with Gasteiger partial charge in [-0.15, -0.1) is 0 Å². The second-order valence-electron chi connectivity index (χ2n) is 4.30. The minimum absolute atomic E-state index is 0.00426. The van der Waals surface area contributed by atoms with Crippen molar-refractivity contribution < 1.29 is 14.2 Å². The van der Waals surface area contributed by atoms with Crippen molar-refractivity contribution in [1.82, 2.24) is 0 Å². The normalized spacial score (nSPS) is 16.6. The number of hydrogen-bond acceptors (Lipinski definition) is 2. The first-order valence-electron chi connectivity index (χ1n) is 5.49. The molecule has 16 heavy (non-hydrogen) atoms. The van der Waals surface area contributed by atoms with Crippen molar-refractivity contribution in [3.05, 3.63) is 29.6 Å². The Morgan fingerprint density at radius 2 is 2.12 bits per heavy atom. The molecule has 0 spiro atoms. The number of halogens is 1. The van der Waals surface area contributed by atoms with Crippen LogP contribution in [0.15, 0.2) is 18.2 Å². The molecule has 2 unspecified atom stereocenters. The van der Waals surface area contributed by atoms with Crippen LogP contribution in [0.4, 0.5) is 4.39 Å². The molecule has 0 aliphatic carbocycles. The monoisotopic (exact) mass is 226 g/mol. The first-order valence-corrected chi connectivity index (χ1v) is 5.49. The van der Waals surface area contributed by atoms with Crippen molar-refractivity contribution >= 4 is 0 Å². The van der Waals surface area contributed by atoms with Crippen LogP contribution in [0.5, 0.6) is 5.75 Å². The van der Waals surface area contributed by atoms with E-state index < -0.39 is 11.4 Å². The number of ether oxygens (including phenoxy) is 1. The van der Waals surface area contributed by atoms with Gasteiger partial charge in [-0.1, -0.05) is 20.3 Å². The maximum atomic E-state index is 13.8. The molecule has 0 bridgehead atoms. The van der Waals surface area contributed by atoms with Crippen LogP contribution < -0.4 is 4.74 Å². The minimum Gasteiger partial charge on any atom is -0.497 e. The molecule has 0 saturated heterocycles. The molecule has 0 aliphatic heterocycles. The quantitative estimate of drug-likeness (QED) is 0.854. The zero-order chi connectivity index (χ0) is 12.3. The van der Waals surface area contributed by atoms with Crippen LogP contribution in [0, 0.1) is 11.7 Å². The summed E-state index contributed by atoms with van der Waals surface area (Å²) >= 11 is 0. The van der Waals surface area contributed by atoms with E-state index in [9.17, 15) is 9.50 Å². The molecule has 2 nitrogen and oxygen atoms in total. The third-order valence-electron chi connectivity index (χ3n) is 3.29. The molecule has 3 heteroatoms. The van der Waals surface area contributed by atoms with Gasteiger partial charge in [0.25, 0.3) is 0 Å². The molecular weight excluding hydrogens is 207 g/mol. The molecule has 0 amide bonds. The number of hydrogen-bond donors (Lipinski definition) is 1. The maximum Gasteiger partial charge on any atom is 0.132 e. The summed E-state index contributed by atoms with van der Waals surface area (Å²) in [7, 11) is 1.49. The molecular formula is C13H19FO2. The van der Waals surface area contributed by atoms with Crippen molar-refractivity contribution in [3.8, 4) is 5.75 Å². The van der Waals surface area contributed by atoms with E-state index in [4.69, 9.17) is 4.74 Å². The number of benzene rings is 1. The lowest BCUT2D eigenvalue weighted by Crippen LogP contribution is -2.30. The predicted molar refractivity (Wildman–Crippen MR) is 62.0 cm³/mol. The fourth-order valence-corrected chi connectivity index (χ4v) is 1.70. The van der Waals surface area contributed by atoms with Gasteiger partial charge in [0.05, 0.1) is 12.7 Å². The van der Waals surface area contributed by atoms with Gasteiger partial charge in [-0.2, -0.15) is 0 Å². The SMILES string of the molecule is CCC(C)C(C)(O)c1ccc(OC)cc1F. The molecule has 1 aromatic carbocycles. The maximum absolute atomic E-state index is 13.8. The second kappa shape index (κ2) is 4.83. The standard InChI is InChI=1S/C13H19FO2/c1-5-9(2)13(3,15)11-7-6-10(16-4)8-12(11)14/h6-9,15H,5H2,1-4H3. The summed E-state index contributed by atoms with van der Waals surface area (Å²) in [6.07, 6.45) is 0.790. The number of methoxy groups -OCH3 is 1. The first-order chi connectivity index (χ1) is 7.43. The lowest BCUT2D eigenvalue weighted by molar-refractivity contribution is -0.00318. The lowest BCUT2D eigenvalue weighted by Gasteiger charge is -2.30. The predicted octanol–water partition coefficient (Wildman–Crippen LogP) is 3.09. The van der Waals surface area contributed by atoms with Gasteiger partial charge in [-0.3, -0.25) is 0 Å². The largest absolute Gasteiger partial charge is 0.497 e. The Bertz CT molecular complexity index is 361. The smallest absolute Gasteiger partial charge is 0.132 e. The molecule has 1 aromatic rings. The summed E-state index contributed by atoms with van der Waals surface area (Å²) in [5.74, 6) is 0.0289. The Morgan fingerprint density at radius 1 is 1.50 bits per heavy atom. The molecule has 0 saturated carbocycles. The van der Waals surface area contributed by atoms with Crippen molar-refractivity contribution in [2.45, 2.75) is 32.8 Å². The average Bonchev–Trinajstić information content (AvgIpc) is 2.27. The Morgan fingerprint density at radius 3 is 2.56 bits per heavy atom. The van der Waals surface area contributed by atoms with Gasteiger partial charge >= 0.3 is 0 Å². The highest BCUT2D eigenvalue weighted by Crippen LogP contribution is 2.34. The van der Waals surface area contributed by atoms with Crippen LogP contribution in [0.2, 0.25) is 0 Å². The van der Waals surface area contributed by atoms with Crippen molar-refractivity contribution in [2.75, 3.05) is 7.11 Å². The zero-order valence-electron chi connectivity index (χ0n) is 10.2. The van der Waals surface area contributed by atoms with E-state index in [1.807, 2.05) is 13.8 Å². The third kappa shape index (κ3) is 2.35. The van der Waals surface area contributed by atoms with Crippen molar-refractivity contribution in [2.24, 2.45) is 5.92 Å². The van der Waals surface area contributed by atoms with Gasteiger partial charge in [0.2, 0.25) is 0 Å². The summed E-state index contributed by atoms with van der Waals surface area (Å²) < 4.78 is 18.7. The van der Waals surface area contributed by atoms with E-state index in [0.717, 1.165) is 6.42 Å². The Hall–Kier alpha value is -1.09. The molecule has 1 rings (SSSR count). The van der Waals surface area contributed by atoms with Crippen LogP contribution in [0.25, 0.3) is 0 Å². The van der Waals surface area contributed by atoms with Crippen LogP contribution in [0.1, 0.15) is 32.8 Å². The van der Waals surface area contributed by atoms with E-state index in [1.165, 1.54) is 13.2 Å². The highest BCUT2D eigenvalue weighted by molar-refractivity contribution is 5.32. The summed E-state index contributed by atoms with van der Waals surface area (Å²) in [5, 5.41) is 10.3. The van der Waals surface area contributed by atoms with E-state index in [2.05, 4.69) is 0 Å². The number of aliphatic hydroxyl groups is 1. The highest BCUT2D eigenvalue weighted by Gasteiger charge is 2.31. The summed E-state index contributed by atoms with van der Waals surface area (Å²) in [4.78, 5) is 0. The third-order valence-corrected chi connectivity index (χ3v) is 3.29. The summed E-state index contributed by atoms with van der Waals surface area (Å²) in [6.45, 7) is 5.52. The van der Waals surface area contributed by atoms with Gasteiger partial charge in [-0.25, -0.2) is 4.39 Å². The molecule has 0 fully saturated rings. The lowest BCUT2D eigenvalue weighted by atomic mass is 9.82. The Balaban J connectivity index is 3.13. The molecule has 0 heterocycles. The molecule has 1 N–H and O–H groups in total. The molecule has 0 aliphatic rings. The van der Waals surface area contributed by atoms with Gasteiger partial charge in [0, 0.05) is 11.6 Å². The van der Waals surface area contributed by atoms with Gasteiger partial charge in [0.1, 0.15) is 11.6 Å². The van der Waals surface area contributed by atoms with E-state index in [1.54, 1.807) is 19.1 Å². The zero-order valence-corrected chi connectivity index (χ0v) is 10.2. The fourth-order valence-electron chi connectivity index (χ4n) is 1.70. The molecule has 0 aromatic heterocycles. The van der Waals surface area contributed by atoms with Crippen LogP contribution in [0.3, 0.4) is 0 Å². The minimum atomic E-state index is -1.15. The highest BCUT2D eigenvalue weighted by atomic mass is 19.1. The van der Waals surface area contributed by atoms with Gasteiger partial charge < -0.3 is 9.84 Å². The second-order valence-corrected chi connectivity index (χ2v) is 4.30. The van der Waals surface area contributed by atoms with Gasteiger partial charge in [0.15, 0.2) is 0 Å². The van der Waals surface area contributed by atoms with E-state index in [0.29, 0.717) is 11.3 Å². The van der Waals surface area contributed by atoms with Crippen molar-refractivity contribution in [1.29, 1.82) is 0 Å². The summed E-state index contributed by atoms with van der Waals surface area (Å²) in [6, 6.07) is 4.54. The van der Waals surface area contributed by atoms with Crippen LogP contribution in [-0.2, 0) is 5.60 Å². The van der Waals surface area contributed by atoms with Crippen LogP contribution >= 0.6 is 0 Å². The van der Waals surface area contributed by atoms with Crippen LogP contribution in [-0.4, -0.2) is 12.2 Å². The van der Waals surface area contributed by atoms with Gasteiger partial charge in [-0.05, 0) is 25.0 Å². The van der Waals surface area contributed by atoms with Crippen molar-refractivity contribution in [3.63, 3.8) is 0 Å². The molecule has 0 radical (unpaired) electrons.